The van der Waals surface area contributed by atoms with Gasteiger partial charge in [0, 0.05) is 13.2 Å². The fraction of sp³-hybridized carbons (Fsp3) is 0.238. The molecule has 0 aliphatic carbocycles. The molecule has 1 aromatic heterocycles. The van der Waals surface area contributed by atoms with Crippen molar-refractivity contribution in [1.29, 1.82) is 5.26 Å². The summed E-state index contributed by atoms with van der Waals surface area (Å²) in [6.07, 6.45) is 8.86. The van der Waals surface area contributed by atoms with Gasteiger partial charge in [0.05, 0.1) is 23.0 Å². The Balaban J connectivity index is 1.91. The van der Waals surface area contributed by atoms with Crippen molar-refractivity contribution < 1.29 is 4.39 Å². The van der Waals surface area contributed by atoms with Crippen molar-refractivity contribution in [2.75, 3.05) is 7.05 Å². The molecule has 0 amide bonds. The molecule has 0 aliphatic heterocycles. The average molecular weight is 335 g/mol. The van der Waals surface area contributed by atoms with Gasteiger partial charge < -0.3 is 5.32 Å². The minimum Gasteiger partial charge on any atom is -0.386 e. The summed E-state index contributed by atoms with van der Waals surface area (Å²) in [5, 5.41) is 11.9. The number of nitrogens with zero attached hydrogens (tertiary/aromatic N) is 2. The fourth-order valence-corrected chi connectivity index (χ4v) is 2.66. The first-order chi connectivity index (χ1) is 12.2. The molecule has 25 heavy (non-hydrogen) atoms. The van der Waals surface area contributed by atoms with E-state index in [2.05, 4.69) is 22.9 Å². The van der Waals surface area contributed by atoms with Crippen molar-refractivity contribution in [3.05, 3.63) is 83.5 Å². The van der Waals surface area contributed by atoms with E-state index in [1.165, 1.54) is 11.6 Å². The van der Waals surface area contributed by atoms with E-state index in [1.54, 1.807) is 24.4 Å². The van der Waals surface area contributed by atoms with Gasteiger partial charge in [0.2, 0.25) is 0 Å². The van der Waals surface area contributed by atoms with Gasteiger partial charge in [-0.3, -0.25) is 4.98 Å². The Bertz CT molecular complexity index is 803. The molecular weight excluding hydrogens is 313 g/mol. The smallest absolute Gasteiger partial charge is 0.127 e. The Kier molecular flexibility index (Phi) is 6.91. The summed E-state index contributed by atoms with van der Waals surface area (Å²) in [7, 11) is 1.86. The molecular formula is C21H22FN3. The van der Waals surface area contributed by atoms with Crippen LogP contribution < -0.4 is 5.32 Å². The highest BCUT2D eigenvalue weighted by Gasteiger charge is 2.05. The fourth-order valence-electron chi connectivity index (χ4n) is 2.66. The van der Waals surface area contributed by atoms with Crippen LogP contribution in [0.5, 0.6) is 0 Å². The predicted octanol–water partition coefficient (Wildman–Crippen LogP) is 4.40. The third-order valence-corrected chi connectivity index (χ3v) is 4.00. The van der Waals surface area contributed by atoms with Crippen LogP contribution in [0.25, 0.3) is 5.70 Å². The molecule has 0 saturated heterocycles. The summed E-state index contributed by atoms with van der Waals surface area (Å²) in [6, 6.07) is 10.7. The van der Waals surface area contributed by atoms with E-state index in [1.807, 2.05) is 25.3 Å². The number of aromatic nitrogens is 1. The Morgan fingerprint density at radius 2 is 2.08 bits per heavy atom. The molecule has 0 fully saturated rings. The van der Waals surface area contributed by atoms with Crippen molar-refractivity contribution in [2.24, 2.45) is 0 Å². The number of halogens is 1. The minimum absolute atomic E-state index is 0.293. The Labute approximate surface area is 148 Å². The van der Waals surface area contributed by atoms with Gasteiger partial charge in [-0.1, -0.05) is 18.7 Å². The van der Waals surface area contributed by atoms with Gasteiger partial charge >= 0.3 is 0 Å². The number of hydrogen-bond donors (Lipinski definition) is 1. The largest absolute Gasteiger partial charge is 0.386 e. The number of rotatable bonds is 8. The zero-order valence-electron chi connectivity index (χ0n) is 14.4. The van der Waals surface area contributed by atoms with Crippen molar-refractivity contribution >= 4 is 5.70 Å². The molecule has 1 heterocycles. The highest BCUT2D eigenvalue weighted by Crippen LogP contribution is 2.16. The van der Waals surface area contributed by atoms with Crippen LogP contribution in [-0.4, -0.2) is 12.0 Å². The van der Waals surface area contributed by atoms with Crippen LogP contribution in [0.1, 0.15) is 35.2 Å². The molecule has 1 aromatic carbocycles. The maximum absolute atomic E-state index is 13.9. The molecule has 2 aromatic rings. The second kappa shape index (κ2) is 9.39. The number of allylic oxidation sites excluding steroid dienone is 2. The second-order valence-corrected chi connectivity index (χ2v) is 5.74. The van der Waals surface area contributed by atoms with Gasteiger partial charge in [0.1, 0.15) is 5.82 Å². The number of unbranched alkanes of at least 4 members (excludes halogenated alkanes) is 1. The molecule has 0 spiro atoms. The van der Waals surface area contributed by atoms with E-state index in [4.69, 9.17) is 5.26 Å². The quantitative estimate of drug-likeness (QED) is 0.574. The van der Waals surface area contributed by atoms with E-state index in [-0.39, 0.29) is 5.82 Å². The number of nitrogens with one attached hydrogen (secondary N) is 1. The number of hydrogen-bond acceptors (Lipinski definition) is 3. The zero-order valence-corrected chi connectivity index (χ0v) is 14.4. The van der Waals surface area contributed by atoms with Gasteiger partial charge in [0.25, 0.3) is 0 Å². The van der Waals surface area contributed by atoms with Crippen LogP contribution in [0.15, 0.2) is 55.3 Å². The summed E-state index contributed by atoms with van der Waals surface area (Å²) < 4.78 is 13.9. The SMILES string of the molecule is C=C/C=C(\NC)c1cc(CCCCc2ccc(C#N)cc2F)ccn1. The molecule has 4 heteroatoms. The highest BCUT2D eigenvalue weighted by atomic mass is 19.1. The molecule has 2 rings (SSSR count). The van der Waals surface area contributed by atoms with Gasteiger partial charge in [-0.05, 0) is 67.2 Å². The number of aryl methyl sites for hydroxylation is 2. The maximum atomic E-state index is 13.9. The van der Waals surface area contributed by atoms with Gasteiger partial charge in [-0.15, -0.1) is 0 Å². The van der Waals surface area contributed by atoms with Crippen LogP contribution >= 0.6 is 0 Å². The molecule has 3 nitrogen and oxygen atoms in total. The van der Waals surface area contributed by atoms with Gasteiger partial charge in [-0.2, -0.15) is 5.26 Å². The normalized spacial score (nSPS) is 11.0. The van der Waals surface area contributed by atoms with E-state index in [9.17, 15) is 4.39 Å². The van der Waals surface area contributed by atoms with Gasteiger partial charge in [-0.25, -0.2) is 4.39 Å². The lowest BCUT2D eigenvalue weighted by atomic mass is 10.0. The predicted molar refractivity (Wildman–Crippen MR) is 99.2 cm³/mol. The average Bonchev–Trinajstić information content (AvgIpc) is 2.64. The van der Waals surface area contributed by atoms with Crippen LogP contribution in [-0.2, 0) is 12.8 Å². The van der Waals surface area contributed by atoms with Crippen molar-refractivity contribution in [3.8, 4) is 6.07 Å². The lowest BCUT2D eigenvalue weighted by molar-refractivity contribution is 0.599. The molecule has 0 atom stereocenters. The first kappa shape index (κ1) is 18.4. The van der Waals surface area contributed by atoms with E-state index in [0.717, 1.165) is 30.7 Å². The van der Waals surface area contributed by atoms with Crippen molar-refractivity contribution in [1.82, 2.24) is 10.3 Å². The van der Waals surface area contributed by atoms with E-state index >= 15 is 0 Å². The minimum atomic E-state index is -0.293. The maximum Gasteiger partial charge on any atom is 0.127 e. The summed E-state index contributed by atoms with van der Waals surface area (Å²) in [5.74, 6) is -0.293. The number of pyridine rings is 1. The van der Waals surface area contributed by atoms with Crippen LogP contribution in [0, 0.1) is 17.1 Å². The van der Waals surface area contributed by atoms with Crippen molar-refractivity contribution in [3.63, 3.8) is 0 Å². The molecule has 0 unspecified atom stereocenters. The number of benzene rings is 1. The summed E-state index contributed by atoms with van der Waals surface area (Å²) >= 11 is 0. The second-order valence-electron chi connectivity index (χ2n) is 5.74. The van der Waals surface area contributed by atoms with Crippen LogP contribution in [0.3, 0.4) is 0 Å². The van der Waals surface area contributed by atoms with Crippen LogP contribution in [0.2, 0.25) is 0 Å². The monoisotopic (exact) mass is 335 g/mol. The standard InChI is InChI=1S/C21H22FN3/c1-3-6-20(24-2)21-14-16(11-12-25-21)7-4-5-8-18-10-9-17(15-23)13-19(18)22/h3,6,9-14,24H,1,4-5,7-8H2,2H3/b20-6-. The molecule has 0 saturated carbocycles. The first-order valence-electron chi connectivity index (χ1n) is 8.32. The molecule has 0 radical (unpaired) electrons. The topological polar surface area (TPSA) is 48.7 Å². The Morgan fingerprint density at radius 3 is 2.76 bits per heavy atom. The van der Waals surface area contributed by atoms with Crippen LogP contribution in [0.4, 0.5) is 4.39 Å². The lowest BCUT2D eigenvalue weighted by Gasteiger charge is -2.08. The summed E-state index contributed by atoms with van der Waals surface area (Å²) in [6.45, 7) is 3.71. The summed E-state index contributed by atoms with van der Waals surface area (Å²) in [5.41, 5.74) is 4.05. The highest BCUT2D eigenvalue weighted by molar-refractivity contribution is 5.62. The molecule has 0 bridgehead atoms. The summed E-state index contributed by atoms with van der Waals surface area (Å²) in [4.78, 5) is 4.38. The lowest BCUT2D eigenvalue weighted by Crippen LogP contribution is -2.06. The molecule has 128 valence electrons. The Hall–Kier alpha value is -2.93. The third-order valence-electron chi connectivity index (χ3n) is 4.00. The third kappa shape index (κ3) is 5.29. The van der Waals surface area contributed by atoms with E-state index in [0.29, 0.717) is 17.5 Å². The molecule has 1 N–H and O–H groups in total. The van der Waals surface area contributed by atoms with Gasteiger partial charge in [0.15, 0.2) is 0 Å². The first-order valence-corrected chi connectivity index (χ1v) is 8.32. The zero-order chi connectivity index (χ0) is 18.1. The van der Waals surface area contributed by atoms with E-state index < -0.39 is 0 Å². The molecule has 0 aliphatic rings. The number of nitriles is 1. The van der Waals surface area contributed by atoms with Crippen molar-refractivity contribution in [2.45, 2.75) is 25.7 Å². The Morgan fingerprint density at radius 1 is 1.28 bits per heavy atom.